The molecule has 0 bridgehead atoms. The van der Waals surface area contributed by atoms with E-state index in [2.05, 4.69) is 28.7 Å². The Balaban J connectivity index is 1.60. The summed E-state index contributed by atoms with van der Waals surface area (Å²) in [5, 5.41) is 10.7. The number of rotatable bonds is 7. The number of hydrogen-bond acceptors (Lipinski definition) is 6. The van der Waals surface area contributed by atoms with Crippen LogP contribution in [0.1, 0.15) is 24.1 Å². The monoisotopic (exact) mass is 405 g/mol. The van der Waals surface area contributed by atoms with E-state index in [1.807, 2.05) is 6.07 Å². The van der Waals surface area contributed by atoms with Gasteiger partial charge in [0, 0.05) is 37.8 Å². The molecule has 3 rings (SSSR count). The molecule has 0 amide bonds. The SMILES string of the molecule is COc1ccc2c(c1)CCN(CCNS(=O)(=O)c1ccc([N+](=O)[O-])cc1)C2C. The van der Waals surface area contributed by atoms with Crippen LogP contribution >= 0.6 is 0 Å². The number of fused-ring (bicyclic) bond motifs is 1. The molecule has 2 aromatic rings. The van der Waals surface area contributed by atoms with Crippen molar-refractivity contribution in [2.45, 2.75) is 24.3 Å². The fraction of sp³-hybridized carbons (Fsp3) is 0.368. The molecular formula is C19H23N3O5S. The van der Waals surface area contributed by atoms with E-state index in [-0.39, 0.29) is 23.2 Å². The predicted molar refractivity (Wildman–Crippen MR) is 105 cm³/mol. The molecule has 1 aliphatic rings. The van der Waals surface area contributed by atoms with E-state index in [1.165, 1.54) is 35.4 Å². The number of benzene rings is 2. The van der Waals surface area contributed by atoms with Crippen molar-refractivity contribution >= 4 is 15.7 Å². The lowest BCUT2D eigenvalue weighted by Gasteiger charge is -2.35. The average molecular weight is 405 g/mol. The van der Waals surface area contributed by atoms with Gasteiger partial charge in [0.15, 0.2) is 0 Å². The maximum Gasteiger partial charge on any atom is 0.269 e. The first-order chi connectivity index (χ1) is 13.3. The van der Waals surface area contributed by atoms with E-state index in [9.17, 15) is 18.5 Å². The highest BCUT2D eigenvalue weighted by molar-refractivity contribution is 7.89. The van der Waals surface area contributed by atoms with Crippen molar-refractivity contribution in [3.05, 3.63) is 63.7 Å². The summed E-state index contributed by atoms with van der Waals surface area (Å²) in [5.74, 6) is 0.843. The van der Waals surface area contributed by atoms with Crippen LogP contribution in [0.15, 0.2) is 47.4 Å². The van der Waals surface area contributed by atoms with Crippen LogP contribution in [0.25, 0.3) is 0 Å². The number of sulfonamides is 1. The zero-order valence-corrected chi connectivity index (χ0v) is 16.6. The third kappa shape index (κ3) is 4.32. The first kappa shape index (κ1) is 20.2. The van der Waals surface area contributed by atoms with Gasteiger partial charge in [-0.2, -0.15) is 0 Å². The number of methoxy groups -OCH3 is 1. The van der Waals surface area contributed by atoms with Crippen molar-refractivity contribution in [1.29, 1.82) is 0 Å². The van der Waals surface area contributed by atoms with Gasteiger partial charge in [0.25, 0.3) is 5.69 Å². The van der Waals surface area contributed by atoms with Crippen molar-refractivity contribution in [3.63, 3.8) is 0 Å². The van der Waals surface area contributed by atoms with Gasteiger partial charge in [-0.3, -0.25) is 15.0 Å². The second kappa shape index (κ2) is 8.26. The molecule has 1 unspecified atom stereocenters. The van der Waals surface area contributed by atoms with Crippen molar-refractivity contribution in [3.8, 4) is 5.75 Å². The van der Waals surface area contributed by atoms with E-state index in [0.717, 1.165) is 18.7 Å². The zero-order valence-electron chi connectivity index (χ0n) is 15.8. The van der Waals surface area contributed by atoms with Crippen molar-refractivity contribution < 1.29 is 18.1 Å². The highest BCUT2D eigenvalue weighted by atomic mass is 32.2. The first-order valence-corrected chi connectivity index (χ1v) is 10.4. The molecule has 0 aliphatic carbocycles. The quantitative estimate of drug-likeness (QED) is 0.561. The van der Waals surface area contributed by atoms with Gasteiger partial charge in [0.1, 0.15) is 5.75 Å². The van der Waals surface area contributed by atoms with Crippen LogP contribution in [0.2, 0.25) is 0 Å². The Bertz CT molecular complexity index is 960. The van der Waals surface area contributed by atoms with Crippen LogP contribution in [-0.4, -0.2) is 45.0 Å². The molecule has 9 heteroatoms. The fourth-order valence-electron chi connectivity index (χ4n) is 3.45. The van der Waals surface area contributed by atoms with Crippen LogP contribution < -0.4 is 9.46 Å². The lowest BCUT2D eigenvalue weighted by molar-refractivity contribution is -0.384. The summed E-state index contributed by atoms with van der Waals surface area (Å²) in [6.45, 7) is 3.77. The predicted octanol–water partition coefficient (Wildman–Crippen LogP) is 2.50. The first-order valence-electron chi connectivity index (χ1n) is 8.97. The number of non-ortho nitro benzene ring substituents is 1. The Morgan fingerprint density at radius 1 is 1.25 bits per heavy atom. The van der Waals surface area contributed by atoms with E-state index in [1.54, 1.807) is 7.11 Å². The van der Waals surface area contributed by atoms with Gasteiger partial charge in [-0.1, -0.05) is 6.07 Å². The Morgan fingerprint density at radius 2 is 1.96 bits per heavy atom. The van der Waals surface area contributed by atoms with Crippen molar-refractivity contribution in [2.24, 2.45) is 0 Å². The summed E-state index contributed by atoms with van der Waals surface area (Å²) in [6.07, 6.45) is 0.881. The minimum Gasteiger partial charge on any atom is -0.497 e. The molecule has 1 aliphatic heterocycles. The van der Waals surface area contributed by atoms with Crippen LogP contribution in [0, 0.1) is 10.1 Å². The molecule has 28 heavy (non-hydrogen) atoms. The molecule has 150 valence electrons. The molecule has 1 atom stereocenters. The summed E-state index contributed by atoms with van der Waals surface area (Å²) in [6, 6.07) is 11.1. The minimum absolute atomic E-state index is 0.0160. The Hall–Kier alpha value is -2.49. The highest BCUT2D eigenvalue weighted by Crippen LogP contribution is 2.31. The number of nitrogens with zero attached hydrogens (tertiary/aromatic N) is 2. The molecular weight excluding hydrogens is 382 g/mol. The summed E-state index contributed by atoms with van der Waals surface area (Å²) >= 11 is 0. The van der Waals surface area contributed by atoms with Crippen LogP contribution in [0.3, 0.4) is 0 Å². The standard InChI is InChI=1S/C19H23N3O5S/c1-14-19-8-5-17(27-2)13-15(19)9-11-21(14)12-10-20-28(25,26)18-6-3-16(4-7-18)22(23)24/h3-8,13-14,20H,9-12H2,1-2H3. The number of nitrogens with one attached hydrogen (secondary N) is 1. The zero-order chi connectivity index (χ0) is 20.3. The normalized spacial score (nSPS) is 17.1. The molecule has 0 radical (unpaired) electrons. The topological polar surface area (TPSA) is 102 Å². The van der Waals surface area contributed by atoms with Gasteiger partial charge < -0.3 is 4.74 Å². The molecule has 0 saturated carbocycles. The van der Waals surface area contributed by atoms with Gasteiger partial charge in [0.05, 0.1) is 16.9 Å². The molecule has 0 saturated heterocycles. The maximum atomic E-state index is 12.4. The Morgan fingerprint density at radius 3 is 2.61 bits per heavy atom. The van der Waals surface area contributed by atoms with Gasteiger partial charge in [-0.15, -0.1) is 0 Å². The summed E-state index contributed by atoms with van der Waals surface area (Å²) in [5.41, 5.74) is 2.34. The van der Waals surface area contributed by atoms with Crippen LogP contribution in [0.4, 0.5) is 5.69 Å². The van der Waals surface area contributed by atoms with Crippen molar-refractivity contribution in [1.82, 2.24) is 9.62 Å². The average Bonchev–Trinajstić information content (AvgIpc) is 2.69. The molecule has 8 nitrogen and oxygen atoms in total. The van der Waals surface area contributed by atoms with Crippen LogP contribution in [0.5, 0.6) is 5.75 Å². The molecule has 1 N–H and O–H groups in total. The van der Waals surface area contributed by atoms with Gasteiger partial charge in [-0.05, 0) is 48.7 Å². The number of ether oxygens (including phenoxy) is 1. The molecule has 1 heterocycles. The van der Waals surface area contributed by atoms with Gasteiger partial charge in [-0.25, -0.2) is 13.1 Å². The second-order valence-corrected chi connectivity index (χ2v) is 8.44. The summed E-state index contributed by atoms with van der Waals surface area (Å²) in [7, 11) is -2.06. The number of nitro groups is 1. The third-order valence-electron chi connectivity index (χ3n) is 5.07. The van der Waals surface area contributed by atoms with Crippen LogP contribution in [-0.2, 0) is 16.4 Å². The van der Waals surface area contributed by atoms with E-state index >= 15 is 0 Å². The number of nitro benzene ring substituents is 1. The largest absolute Gasteiger partial charge is 0.497 e. The van der Waals surface area contributed by atoms with E-state index < -0.39 is 14.9 Å². The molecule has 0 fully saturated rings. The van der Waals surface area contributed by atoms with Crippen molar-refractivity contribution in [2.75, 3.05) is 26.7 Å². The Kier molecular flexibility index (Phi) is 5.97. The fourth-order valence-corrected chi connectivity index (χ4v) is 4.47. The van der Waals surface area contributed by atoms with E-state index in [0.29, 0.717) is 6.54 Å². The van der Waals surface area contributed by atoms with E-state index in [4.69, 9.17) is 4.74 Å². The maximum absolute atomic E-state index is 12.4. The third-order valence-corrected chi connectivity index (χ3v) is 6.54. The highest BCUT2D eigenvalue weighted by Gasteiger charge is 2.24. The molecule has 0 spiro atoms. The second-order valence-electron chi connectivity index (χ2n) is 6.68. The lowest BCUT2D eigenvalue weighted by atomic mass is 9.93. The smallest absolute Gasteiger partial charge is 0.269 e. The summed E-state index contributed by atoms with van der Waals surface area (Å²) in [4.78, 5) is 12.4. The van der Waals surface area contributed by atoms with Gasteiger partial charge in [0.2, 0.25) is 10.0 Å². The lowest BCUT2D eigenvalue weighted by Crippen LogP contribution is -2.39. The number of hydrogen-bond donors (Lipinski definition) is 1. The molecule has 2 aromatic carbocycles. The summed E-state index contributed by atoms with van der Waals surface area (Å²) < 4.78 is 32.6. The van der Waals surface area contributed by atoms with Gasteiger partial charge >= 0.3 is 0 Å². The Labute approximate surface area is 164 Å². The minimum atomic E-state index is -3.71. The molecule has 0 aromatic heterocycles.